The van der Waals surface area contributed by atoms with Gasteiger partial charge in [0, 0.05) is 0 Å². The van der Waals surface area contributed by atoms with Gasteiger partial charge < -0.3 is 5.11 Å². The van der Waals surface area contributed by atoms with Gasteiger partial charge >= 0.3 is 5.97 Å². The first-order valence-electron chi connectivity index (χ1n) is 3.83. The molecular weight excluding hydrogens is 222 g/mol. The smallest absolute Gasteiger partial charge is 0.323 e. The molecule has 0 amide bonds. The van der Waals surface area contributed by atoms with Gasteiger partial charge in [0.2, 0.25) is 10.0 Å². The van der Waals surface area contributed by atoms with Gasteiger partial charge in [-0.2, -0.15) is 14.8 Å². The maximum Gasteiger partial charge on any atom is 0.323 e. The van der Waals surface area contributed by atoms with Gasteiger partial charge in [-0.05, 0) is 6.92 Å². The van der Waals surface area contributed by atoms with Crippen molar-refractivity contribution in [3.05, 3.63) is 0 Å². The Bertz CT molecular complexity index is 400. The summed E-state index contributed by atoms with van der Waals surface area (Å²) >= 11 is 0. The number of carbonyl (C=O) groups is 1. The van der Waals surface area contributed by atoms with E-state index < -0.39 is 34.3 Å². The fourth-order valence-corrected chi connectivity index (χ4v) is 1.92. The molecule has 1 N–H and O–H groups in total. The number of nitriles is 2. The van der Waals surface area contributed by atoms with Crippen LogP contribution in [0.15, 0.2) is 0 Å². The van der Waals surface area contributed by atoms with E-state index in [1.54, 1.807) is 12.1 Å². The van der Waals surface area contributed by atoms with Gasteiger partial charge in [0.1, 0.15) is 13.1 Å². The van der Waals surface area contributed by atoms with Crippen molar-refractivity contribution in [2.24, 2.45) is 0 Å². The van der Waals surface area contributed by atoms with Gasteiger partial charge in [0.15, 0.2) is 5.25 Å². The van der Waals surface area contributed by atoms with E-state index in [1.165, 1.54) is 0 Å². The highest BCUT2D eigenvalue weighted by atomic mass is 32.2. The number of carboxylic acid groups (broad SMARTS) is 1. The molecule has 0 spiro atoms. The van der Waals surface area contributed by atoms with Crippen molar-refractivity contribution in [1.82, 2.24) is 4.31 Å². The lowest BCUT2D eigenvalue weighted by molar-refractivity contribution is -0.136. The van der Waals surface area contributed by atoms with E-state index >= 15 is 0 Å². The lowest BCUT2D eigenvalue weighted by Crippen LogP contribution is -2.41. The summed E-state index contributed by atoms with van der Waals surface area (Å²) in [6.45, 7) is -0.0829. The van der Waals surface area contributed by atoms with Crippen molar-refractivity contribution in [3.8, 4) is 12.1 Å². The summed E-state index contributed by atoms with van der Waals surface area (Å²) in [5.41, 5.74) is 0. The molecule has 15 heavy (non-hydrogen) atoms. The Morgan fingerprint density at radius 2 is 1.80 bits per heavy atom. The molecule has 1 unspecified atom stereocenters. The molecule has 82 valence electrons. The maximum atomic E-state index is 11.5. The van der Waals surface area contributed by atoms with Gasteiger partial charge in [-0.3, -0.25) is 4.79 Å². The summed E-state index contributed by atoms with van der Waals surface area (Å²) in [6.07, 6.45) is 0. The Kier molecular flexibility index (Phi) is 4.71. The molecule has 0 saturated carbocycles. The zero-order valence-corrected chi connectivity index (χ0v) is 8.73. The third kappa shape index (κ3) is 3.20. The van der Waals surface area contributed by atoms with Gasteiger partial charge in [-0.15, -0.1) is 0 Å². The van der Waals surface area contributed by atoms with Crippen LogP contribution in [0.5, 0.6) is 0 Å². The fourth-order valence-electron chi connectivity index (χ4n) is 0.745. The van der Waals surface area contributed by atoms with E-state index in [2.05, 4.69) is 0 Å². The molecule has 0 radical (unpaired) electrons. The highest BCUT2D eigenvalue weighted by Gasteiger charge is 2.33. The lowest BCUT2D eigenvalue weighted by Gasteiger charge is -2.18. The first kappa shape index (κ1) is 13.4. The molecule has 0 aromatic heterocycles. The van der Waals surface area contributed by atoms with Crippen LogP contribution in [0.4, 0.5) is 0 Å². The van der Waals surface area contributed by atoms with Gasteiger partial charge in [-0.25, -0.2) is 8.42 Å². The molecule has 0 aromatic carbocycles. The number of nitrogens with zero attached hydrogens (tertiary/aromatic N) is 3. The van der Waals surface area contributed by atoms with Gasteiger partial charge in [0.25, 0.3) is 0 Å². The van der Waals surface area contributed by atoms with Crippen LogP contribution in [0.25, 0.3) is 0 Å². The molecular formula is C7H9N3O4S. The molecule has 0 aliphatic rings. The van der Waals surface area contributed by atoms with Crippen LogP contribution in [-0.2, 0) is 14.8 Å². The predicted molar refractivity (Wildman–Crippen MR) is 48.8 cm³/mol. The molecule has 0 heterocycles. The minimum Gasteiger partial charge on any atom is -0.480 e. The van der Waals surface area contributed by atoms with Crippen LogP contribution in [-0.4, -0.2) is 42.1 Å². The first-order valence-corrected chi connectivity index (χ1v) is 5.34. The van der Waals surface area contributed by atoms with Crippen LogP contribution in [0.2, 0.25) is 0 Å². The largest absolute Gasteiger partial charge is 0.480 e. The number of aliphatic carboxylic acids is 1. The predicted octanol–water partition coefficient (Wildman–Crippen LogP) is -0.862. The normalized spacial score (nSPS) is 12.8. The van der Waals surface area contributed by atoms with E-state index in [4.69, 9.17) is 15.6 Å². The number of hydrogen-bond donors (Lipinski definition) is 1. The molecule has 0 bridgehead atoms. The maximum absolute atomic E-state index is 11.5. The van der Waals surface area contributed by atoms with E-state index in [0.717, 1.165) is 6.92 Å². The molecule has 0 aliphatic carbocycles. The van der Waals surface area contributed by atoms with E-state index in [0.29, 0.717) is 4.31 Å². The van der Waals surface area contributed by atoms with Crippen LogP contribution in [0.1, 0.15) is 6.92 Å². The minimum atomic E-state index is -4.14. The van der Waals surface area contributed by atoms with Crippen LogP contribution < -0.4 is 0 Å². The molecule has 7 nitrogen and oxygen atoms in total. The molecule has 8 heteroatoms. The molecule has 0 aromatic rings. The first-order chi connectivity index (χ1) is 6.87. The lowest BCUT2D eigenvalue weighted by atomic mass is 10.5. The standard InChI is InChI=1S/C7H9N3O4S/c1-6(7(11)12)15(13,14)10(4-2-8)5-3-9/h6H,4-5H2,1H3,(H,11,12). The molecule has 0 aliphatic heterocycles. The van der Waals surface area contributed by atoms with Crippen LogP contribution in [0.3, 0.4) is 0 Å². The summed E-state index contributed by atoms with van der Waals surface area (Å²) in [4.78, 5) is 10.5. The summed E-state index contributed by atoms with van der Waals surface area (Å²) < 4.78 is 23.5. The van der Waals surface area contributed by atoms with Crippen LogP contribution in [0, 0.1) is 22.7 Å². The van der Waals surface area contributed by atoms with Gasteiger partial charge in [0.05, 0.1) is 12.1 Å². The Hall–Kier alpha value is -1.64. The number of rotatable bonds is 5. The molecule has 0 rings (SSSR count). The summed E-state index contributed by atoms with van der Waals surface area (Å²) in [5, 5.41) is 23.5. The molecule has 1 atom stereocenters. The van der Waals surface area contributed by atoms with Crippen molar-refractivity contribution >= 4 is 16.0 Å². The SMILES string of the molecule is CC(C(=O)O)S(=O)(=O)N(CC#N)CC#N. The molecule has 0 saturated heterocycles. The van der Waals surface area contributed by atoms with E-state index in [1.807, 2.05) is 0 Å². The quantitative estimate of drug-likeness (QED) is 0.614. The highest BCUT2D eigenvalue weighted by Crippen LogP contribution is 2.08. The fraction of sp³-hybridized carbons (Fsp3) is 0.571. The average Bonchev–Trinajstić information content (AvgIpc) is 2.16. The Morgan fingerprint density at radius 1 is 1.40 bits per heavy atom. The van der Waals surface area contributed by atoms with Crippen molar-refractivity contribution in [3.63, 3.8) is 0 Å². The minimum absolute atomic E-state index is 0.534. The van der Waals surface area contributed by atoms with Crippen molar-refractivity contribution < 1.29 is 18.3 Å². The second-order valence-corrected chi connectivity index (χ2v) is 4.86. The topological polar surface area (TPSA) is 122 Å². The Labute approximate surface area is 87.2 Å². The summed E-state index contributed by atoms with van der Waals surface area (Å²) in [5.74, 6) is -1.52. The number of hydrogen-bond acceptors (Lipinski definition) is 5. The third-order valence-corrected chi connectivity index (χ3v) is 3.72. The molecule has 0 fully saturated rings. The van der Waals surface area contributed by atoms with Crippen molar-refractivity contribution in [1.29, 1.82) is 10.5 Å². The zero-order valence-electron chi connectivity index (χ0n) is 7.91. The Balaban J connectivity index is 5.07. The Morgan fingerprint density at radius 3 is 2.07 bits per heavy atom. The third-order valence-electron chi connectivity index (χ3n) is 1.65. The van der Waals surface area contributed by atoms with Crippen molar-refractivity contribution in [2.75, 3.05) is 13.1 Å². The second-order valence-electron chi connectivity index (χ2n) is 2.61. The highest BCUT2D eigenvalue weighted by molar-refractivity contribution is 7.90. The summed E-state index contributed by atoms with van der Waals surface area (Å²) in [7, 11) is -4.14. The van der Waals surface area contributed by atoms with Gasteiger partial charge in [-0.1, -0.05) is 0 Å². The van der Waals surface area contributed by atoms with E-state index in [9.17, 15) is 13.2 Å². The number of sulfonamides is 1. The van der Waals surface area contributed by atoms with Crippen molar-refractivity contribution in [2.45, 2.75) is 12.2 Å². The average molecular weight is 231 g/mol. The number of carboxylic acids is 1. The van der Waals surface area contributed by atoms with E-state index in [-0.39, 0.29) is 0 Å². The van der Waals surface area contributed by atoms with Crippen LogP contribution >= 0.6 is 0 Å². The monoisotopic (exact) mass is 231 g/mol. The summed E-state index contributed by atoms with van der Waals surface area (Å²) in [6, 6.07) is 3.11. The zero-order chi connectivity index (χ0) is 12.1. The second kappa shape index (κ2) is 5.29.